The molecule has 0 atom stereocenters. The number of aromatic hydroxyl groups is 1. The van der Waals surface area contributed by atoms with Crippen molar-refractivity contribution < 1.29 is 14.6 Å². The standard InChI is InChI=1S/C28H32N6O3/c29-25-24-26-33-27(32-25)36-12-3-1-2-5-19-13-20(17-34(26)28(35)31-24)15-23(14-19)37-22-10-8-18(9-11-22)16-30-21-6-4-7-21/h8-11,13-15,21,30H,1-7,12,16-17H2,(H,31,35)(H2,29,32,33). The number of fused-ring (bicyclic) bond motifs is 3. The van der Waals surface area contributed by atoms with E-state index in [1.807, 2.05) is 18.2 Å². The lowest BCUT2D eigenvalue weighted by atomic mass is 9.93. The number of aryl methyl sites for hydroxylation is 1. The molecule has 0 spiro atoms. The molecule has 6 rings (SSSR count). The number of aromatic nitrogens is 4. The highest BCUT2D eigenvalue weighted by Crippen LogP contribution is 2.30. The quantitative estimate of drug-likeness (QED) is 0.361. The zero-order valence-corrected chi connectivity index (χ0v) is 20.8. The fraction of sp³-hybridized carbons (Fsp3) is 0.393. The fourth-order valence-corrected chi connectivity index (χ4v) is 4.86. The second-order valence-electron chi connectivity index (χ2n) is 9.96. The van der Waals surface area contributed by atoms with E-state index in [1.54, 1.807) is 4.57 Å². The van der Waals surface area contributed by atoms with Crippen molar-refractivity contribution in [1.29, 1.82) is 0 Å². The molecule has 0 unspecified atom stereocenters. The molecule has 4 N–H and O–H groups in total. The number of anilines is 1. The summed E-state index contributed by atoms with van der Waals surface area (Å²) in [5.41, 5.74) is 10.3. The third-order valence-corrected chi connectivity index (χ3v) is 7.15. The number of rotatable bonds is 5. The van der Waals surface area contributed by atoms with Crippen molar-refractivity contribution in [3.63, 3.8) is 0 Å². The smallest absolute Gasteiger partial charge is 0.320 e. The van der Waals surface area contributed by atoms with Crippen molar-refractivity contribution in [2.45, 2.75) is 64.1 Å². The van der Waals surface area contributed by atoms with E-state index in [-0.39, 0.29) is 17.8 Å². The predicted molar refractivity (Wildman–Crippen MR) is 141 cm³/mol. The van der Waals surface area contributed by atoms with E-state index in [0.717, 1.165) is 49.3 Å². The topological polar surface area (TPSA) is 120 Å². The molecule has 4 bridgehead atoms. The molecular weight excluding hydrogens is 468 g/mol. The van der Waals surface area contributed by atoms with Gasteiger partial charge in [0.25, 0.3) is 6.01 Å². The van der Waals surface area contributed by atoms with Crippen LogP contribution in [0.4, 0.5) is 5.82 Å². The van der Waals surface area contributed by atoms with E-state index in [2.05, 4.69) is 44.5 Å². The number of nitrogens with zero attached hydrogens (tertiary/aromatic N) is 4. The highest BCUT2D eigenvalue weighted by Gasteiger charge is 2.19. The van der Waals surface area contributed by atoms with Crippen LogP contribution in [0.15, 0.2) is 42.5 Å². The van der Waals surface area contributed by atoms with Gasteiger partial charge in [0, 0.05) is 12.6 Å². The second-order valence-corrected chi connectivity index (χ2v) is 9.96. The van der Waals surface area contributed by atoms with Gasteiger partial charge in [-0.3, -0.25) is 4.57 Å². The van der Waals surface area contributed by atoms with Crippen LogP contribution < -0.4 is 20.5 Å². The minimum atomic E-state index is -0.167. The van der Waals surface area contributed by atoms with Gasteiger partial charge < -0.3 is 25.6 Å². The summed E-state index contributed by atoms with van der Waals surface area (Å²) in [7, 11) is 0. The van der Waals surface area contributed by atoms with Gasteiger partial charge in [-0.2, -0.15) is 15.0 Å². The molecule has 0 saturated heterocycles. The lowest BCUT2D eigenvalue weighted by Gasteiger charge is -2.26. The SMILES string of the molecule is Nc1nc2nc3c1nc(O)n3Cc1cc(cc(Oc3ccc(CNC4CCC4)cc3)c1)CCCCCO2. The van der Waals surface area contributed by atoms with E-state index in [9.17, 15) is 5.11 Å². The average Bonchev–Trinajstić information content (AvgIpc) is 3.16. The Balaban J connectivity index is 1.27. The largest absolute Gasteiger partial charge is 0.480 e. The number of hydrogen-bond acceptors (Lipinski definition) is 8. The van der Waals surface area contributed by atoms with Crippen molar-refractivity contribution in [3.8, 4) is 23.5 Å². The van der Waals surface area contributed by atoms with Gasteiger partial charge in [0.2, 0.25) is 0 Å². The number of imidazole rings is 1. The molecule has 9 heteroatoms. The van der Waals surface area contributed by atoms with E-state index < -0.39 is 0 Å². The van der Waals surface area contributed by atoms with E-state index in [1.165, 1.54) is 30.4 Å². The highest BCUT2D eigenvalue weighted by atomic mass is 16.5. The number of nitrogens with two attached hydrogens (primary N) is 1. The summed E-state index contributed by atoms with van der Waals surface area (Å²) < 4.78 is 13.6. The minimum absolute atomic E-state index is 0.167. The highest BCUT2D eigenvalue weighted by molar-refractivity contribution is 5.83. The zero-order valence-electron chi connectivity index (χ0n) is 20.8. The maximum Gasteiger partial charge on any atom is 0.320 e. The first-order valence-corrected chi connectivity index (χ1v) is 13.1. The van der Waals surface area contributed by atoms with Crippen LogP contribution in [0.3, 0.4) is 0 Å². The Morgan fingerprint density at radius 2 is 1.81 bits per heavy atom. The predicted octanol–water partition coefficient (Wildman–Crippen LogP) is 4.70. The lowest BCUT2D eigenvalue weighted by Crippen LogP contribution is -2.34. The van der Waals surface area contributed by atoms with Crippen LogP contribution in [0.1, 0.15) is 55.2 Å². The first-order chi connectivity index (χ1) is 18.1. The van der Waals surface area contributed by atoms with Crippen LogP contribution in [0, 0.1) is 0 Å². The molecule has 2 aromatic carbocycles. The van der Waals surface area contributed by atoms with Gasteiger partial charge in [-0.15, -0.1) is 0 Å². The van der Waals surface area contributed by atoms with Gasteiger partial charge in [-0.25, -0.2) is 0 Å². The van der Waals surface area contributed by atoms with E-state index in [4.69, 9.17) is 15.2 Å². The fourth-order valence-electron chi connectivity index (χ4n) is 4.86. The van der Waals surface area contributed by atoms with Crippen molar-refractivity contribution >= 4 is 17.0 Å². The number of nitrogens with one attached hydrogen (secondary N) is 1. The molecule has 0 radical (unpaired) electrons. The van der Waals surface area contributed by atoms with Crippen molar-refractivity contribution in [1.82, 2.24) is 24.8 Å². The van der Waals surface area contributed by atoms with Gasteiger partial charge in [0.05, 0.1) is 13.2 Å². The molecular formula is C28H32N6O3. The molecule has 1 aliphatic carbocycles. The molecule has 1 saturated carbocycles. The Hall–Kier alpha value is -3.85. The Bertz CT molecular complexity index is 1400. The molecule has 1 aliphatic heterocycles. The first kappa shape index (κ1) is 23.5. The third kappa shape index (κ3) is 5.32. The summed E-state index contributed by atoms with van der Waals surface area (Å²) >= 11 is 0. The van der Waals surface area contributed by atoms with Crippen LogP contribution in [0.2, 0.25) is 0 Å². The first-order valence-electron chi connectivity index (χ1n) is 13.1. The van der Waals surface area contributed by atoms with Crippen molar-refractivity contribution in [3.05, 3.63) is 59.2 Å². The lowest BCUT2D eigenvalue weighted by molar-refractivity contribution is 0.283. The second kappa shape index (κ2) is 10.3. The summed E-state index contributed by atoms with van der Waals surface area (Å²) in [5.74, 6) is 1.75. The number of hydrogen-bond donors (Lipinski definition) is 3. The number of ether oxygens (including phenoxy) is 2. The van der Waals surface area contributed by atoms with E-state index >= 15 is 0 Å². The van der Waals surface area contributed by atoms with Gasteiger partial charge >= 0.3 is 6.01 Å². The van der Waals surface area contributed by atoms with Crippen molar-refractivity contribution in [2.75, 3.05) is 12.3 Å². The summed E-state index contributed by atoms with van der Waals surface area (Å²) in [4.78, 5) is 12.9. The molecule has 9 nitrogen and oxygen atoms in total. The molecule has 192 valence electrons. The van der Waals surface area contributed by atoms with Gasteiger partial charge in [-0.1, -0.05) is 24.6 Å². The maximum absolute atomic E-state index is 10.6. The maximum atomic E-state index is 10.6. The molecule has 4 aromatic rings. The zero-order chi connectivity index (χ0) is 25.2. The molecule has 3 heterocycles. The Morgan fingerprint density at radius 3 is 2.62 bits per heavy atom. The monoisotopic (exact) mass is 500 g/mol. The van der Waals surface area contributed by atoms with E-state index in [0.29, 0.717) is 30.4 Å². The minimum Gasteiger partial charge on any atom is -0.480 e. The molecule has 2 aromatic heterocycles. The van der Waals surface area contributed by atoms with Gasteiger partial charge in [0.15, 0.2) is 17.0 Å². The van der Waals surface area contributed by atoms with Gasteiger partial charge in [0.1, 0.15) is 11.5 Å². The Kier molecular flexibility index (Phi) is 6.53. The molecule has 37 heavy (non-hydrogen) atoms. The average molecular weight is 501 g/mol. The number of nitrogen functional groups attached to an aromatic ring is 1. The van der Waals surface area contributed by atoms with Crippen LogP contribution in [0.5, 0.6) is 23.5 Å². The molecule has 2 aliphatic rings. The molecule has 0 amide bonds. The number of benzene rings is 2. The van der Waals surface area contributed by atoms with Crippen LogP contribution in [-0.2, 0) is 19.5 Å². The van der Waals surface area contributed by atoms with Crippen molar-refractivity contribution in [2.24, 2.45) is 0 Å². The van der Waals surface area contributed by atoms with Gasteiger partial charge in [-0.05, 0) is 79.5 Å². The summed E-state index contributed by atoms with van der Waals surface area (Å²) in [6.07, 6.45) is 7.75. The third-order valence-electron chi connectivity index (χ3n) is 7.15. The van der Waals surface area contributed by atoms with Crippen LogP contribution in [-0.4, -0.2) is 37.3 Å². The Labute approximate surface area is 215 Å². The normalized spacial score (nSPS) is 16.2. The summed E-state index contributed by atoms with van der Waals surface area (Å²) in [6.45, 7) is 1.74. The van der Waals surface area contributed by atoms with Crippen LogP contribution >= 0.6 is 0 Å². The van der Waals surface area contributed by atoms with Crippen LogP contribution in [0.25, 0.3) is 11.2 Å². The summed E-state index contributed by atoms with van der Waals surface area (Å²) in [5, 5.41) is 14.2. The molecule has 1 fully saturated rings. The summed E-state index contributed by atoms with van der Waals surface area (Å²) in [6, 6.07) is 15.2. The Morgan fingerprint density at radius 1 is 0.973 bits per heavy atom.